The highest BCUT2D eigenvalue weighted by atomic mass is 35.5. The number of aromatic carboxylic acids is 1. The van der Waals surface area contributed by atoms with Crippen LogP contribution in [0.25, 0.3) is 0 Å². The number of carboxylic acid groups (broad SMARTS) is 1. The molecule has 1 rings (SSSR count). The largest absolute Gasteiger partial charge is 0.478 e. The minimum atomic E-state index is -1.53. The van der Waals surface area contributed by atoms with Crippen molar-refractivity contribution in [3.8, 4) is 0 Å². The lowest BCUT2D eigenvalue weighted by molar-refractivity contribution is -0.116. The second-order valence-corrected chi connectivity index (χ2v) is 4.19. The fourth-order valence-electron chi connectivity index (χ4n) is 1.40. The summed E-state index contributed by atoms with van der Waals surface area (Å²) in [5.74, 6) is -3.80. The average molecular weight is 292 g/mol. The molecule has 0 radical (unpaired) electrons. The summed E-state index contributed by atoms with van der Waals surface area (Å²) in [6.07, 6.45) is 1.30. The van der Waals surface area contributed by atoms with Gasteiger partial charge in [-0.3, -0.25) is 4.79 Å². The van der Waals surface area contributed by atoms with E-state index in [1.165, 1.54) is 0 Å². The SMILES string of the molecule is O=C(CCCCCl)Nc1cc(C(=O)O)c(F)cc1F. The van der Waals surface area contributed by atoms with E-state index in [-0.39, 0.29) is 12.1 Å². The first-order chi connectivity index (χ1) is 8.95. The first-order valence-electron chi connectivity index (χ1n) is 5.54. The Morgan fingerprint density at radius 3 is 2.47 bits per heavy atom. The summed E-state index contributed by atoms with van der Waals surface area (Å²) in [7, 11) is 0. The number of halogens is 3. The average Bonchev–Trinajstić information content (AvgIpc) is 2.32. The van der Waals surface area contributed by atoms with Crippen LogP contribution in [-0.4, -0.2) is 22.9 Å². The summed E-state index contributed by atoms with van der Waals surface area (Å²) in [5.41, 5.74) is -1.05. The van der Waals surface area contributed by atoms with Gasteiger partial charge in [0.15, 0.2) is 0 Å². The number of carboxylic acids is 1. The van der Waals surface area contributed by atoms with Crippen LogP contribution in [-0.2, 0) is 4.79 Å². The molecule has 0 unspecified atom stereocenters. The molecule has 1 amide bonds. The van der Waals surface area contributed by atoms with Gasteiger partial charge in [-0.15, -0.1) is 11.6 Å². The third-order valence-corrected chi connectivity index (χ3v) is 2.62. The van der Waals surface area contributed by atoms with Crippen LogP contribution in [0, 0.1) is 11.6 Å². The van der Waals surface area contributed by atoms with Crippen LogP contribution >= 0.6 is 11.6 Å². The van der Waals surface area contributed by atoms with Crippen LogP contribution in [0.3, 0.4) is 0 Å². The number of hydrogen-bond donors (Lipinski definition) is 2. The molecule has 0 saturated carbocycles. The van der Waals surface area contributed by atoms with Crippen molar-refractivity contribution in [1.82, 2.24) is 0 Å². The van der Waals surface area contributed by atoms with Crippen molar-refractivity contribution in [3.63, 3.8) is 0 Å². The Bertz CT molecular complexity index is 494. The van der Waals surface area contributed by atoms with Gasteiger partial charge in [0.05, 0.1) is 11.3 Å². The zero-order valence-electron chi connectivity index (χ0n) is 9.88. The number of amides is 1. The highest BCUT2D eigenvalue weighted by molar-refractivity contribution is 6.17. The van der Waals surface area contributed by atoms with Gasteiger partial charge in [0, 0.05) is 18.4 Å². The molecule has 0 aliphatic carbocycles. The van der Waals surface area contributed by atoms with Gasteiger partial charge in [0.1, 0.15) is 11.6 Å². The topological polar surface area (TPSA) is 66.4 Å². The molecule has 7 heteroatoms. The van der Waals surface area contributed by atoms with Gasteiger partial charge in [-0.25, -0.2) is 13.6 Å². The lowest BCUT2D eigenvalue weighted by Gasteiger charge is -2.08. The van der Waals surface area contributed by atoms with E-state index in [1.54, 1.807) is 0 Å². The number of anilines is 1. The van der Waals surface area contributed by atoms with Gasteiger partial charge >= 0.3 is 5.97 Å². The van der Waals surface area contributed by atoms with E-state index in [2.05, 4.69) is 5.32 Å². The maximum Gasteiger partial charge on any atom is 0.338 e. The predicted octanol–water partition coefficient (Wildman–Crippen LogP) is 3.01. The Balaban J connectivity index is 2.80. The van der Waals surface area contributed by atoms with E-state index >= 15 is 0 Å². The van der Waals surface area contributed by atoms with Crippen molar-refractivity contribution in [2.75, 3.05) is 11.2 Å². The fraction of sp³-hybridized carbons (Fsp3) is 0.333. The maximum absolute atomic E-state index is 13.4. The lowest BCUT2D eigenvalue weighted by Crippen LogP contribution is -2.14. The van der Waals surface area contributed by atoms with Gasteiger partial charge < -0.3 is 10.4 Å². The van der Waals surface area contributed by atoms with E-state index in [9.17, 15) is 18.4 Å². The van der Waals surface area contributed by atoms with Crippen LogP contribution in [0.2, 0.25) is 0 Å². The quantitative estimate of drug-likeness (QED) is 0.625. The van der Waals surface area contributed by atoms with Crippen molar-refractivity contribution in [1.29, 1.82) is 0 Å². The number of nitrogens with one attached hydrogen (secondary N) is 1. The standard InChI is InChI=1S/C12H12ClF2NO3/c13-4-2-1-3-11(17)16-10-5-7(12(18)19)8(14)6-9(10)15/h5-6H,1-4H2,(H,16,17)(H,18,19). The molecule has 0 bridgehead atoms. The minimum absolute atomic E-state index is 0.131. The van der Waals surface area contributed by atoms with Crippen LogP contribution < -0.4 is 5.32 Å². The maximum atomic E-state index is 13.4. The molecule has 104 valence electrons. The molecule has 0 atom stereocenters. The van der Waals surface area contributed by atoms with E-state index in [0.717, 1.165) is 6.07 Å². The Morgan fingerprint density at radius 2 is 1.89 bits per heavy atom. The third-order valence-electron chi connectivity index (χ3n) is 2.35. The van der Waals surface area contributed by atoms with Gasteiger partial charge in [-0.05, 0) is 18.9 Å². The molecule has 0 aliphatic heterocycles. The number of carbonyl (C=O) groups is 2. The number of unbranched alkanes of at least 4 members (excludes halogenated alkanes) is 1. The third kappa shape index (κ3) is 4.48. The summed E-state index contributed by atoms with van der Waals surface area (Å²) in [6.45, 7) is 0. The second kappa shape index (κ2) is 7.04. The number of carbonyl (C=O) groups excluding carboxylic acids is 1. The van der Waals surface area contributed by atoms with Crippen LogP contribution in [0.1, 0.15) is 29.6 Å². The predicted molar refractivity (Wildman–Crippen MR) is 66.5 cm³/mol. The highest BCUT2D eigenvalue weighted by Gasteiger charge is 2.16. The summed E-state index contributed by atoms with van der Waals surface area (Å²) in [5, 5.41) is 10.9. The van der Waals surface area contributed by atoms with Crippen molar-refractivity contribution in [2.45, 2.75) is 19.3 Å². The second-order valence-electron chi connectivity index (χ2n) is 3.81. The van der Waals surface area contributed by atoms with E-state index < -0.39 is 29.1 Å². The van der Waals surface area contributed by atoms with Gasteiger partial charge in [-0.1, -0.05) is 0 Å². The van der Waals surface area contributed by atoms with E-state index in [0.29, 0.717) is 24.8 Å². The first kappa shape index (κ1) is 15.4. The summed E-state index contributed by atoms with van der Waals surface area (Å²) < 4.78 is 26.5. The Kier molecular flexibility index (Phi) is 5.69. The zero-order chi connectivity index (χ0) is 14.4. The summed E-state index contributed by atoms with van der Waals surface area (Å²) in [4.78, 5) is 22.1. The molecule has 0 aliphatic rings. The molecule has 2 N–H and O–H groups in total. The molecule has 0 aromatic heterocycles. The lowest BCUT2D eigenvalue weighted by atomic mass is 10.1. The van der Waals surface area contributed by atoms with Gasteiger partial charge in [0.2, 0.25) is 5.91 Å². The molecule has 19 heavy (non-hydrogen) atoms. The fourth-order valence-corrected chi connectivity index (χ4v) is 1.59. The van der Waals surface area contributed by atoms with Crippen molar-refractivity contribution in [2.24, 2.45) is 0 Å². The molecular weight excluding hydrogens is 280 g/mol. The molecule has 0 heterocycles. The van der Waals surface area contributed by atoms with Gasteiger partial charge in [0.25, 0.3) is 0 Å². The van der Waals surface area contributed by atoms with Crippen LogP contribution in [0.5, 0.6) is 0 Å². The zero-order valence-corrected chi connectivity index (χ0v) is 10.6. The van der Waals surface area contributed by atoms with Crippen molar-refractivity contribution >= 4 is 29.2 Å². The highest BCUT2D eigenvalue weighted by Crippen LogP contribution is 2.20. The first-order valence-corrected chi connectivity index (χ1v) is 6.07. The van der Waals surface area contributed by atoms with Gasteiger partial charge in [-0.2, -0.15) is 0 Å². The molecule has 0 spiro atoms. The smallest absolute Gasteiger partial charge is 0.338 e. The molecule has 0 saturated heterocycles. The number of benzene rings is 1. The van der Waals surface area contributed by atoms with E-state index in [4.69, 9.17) is 16.7 Å². The van der Waals surface area contributed by atoms with Crippen LogP contribution in [0.15, 0.2) is 12.1 Å². The Morgan fingerprint density at radius 1 is 1.21 bits per heavy atom. The van der Waals surface area contributed by atoms with Crippen molar-refractivity contribution in [3.05, 3.63) is 29.3 Å². The van der Waals surface area contributed by atoms with Crippen molar-refractivity contribution < 1.29 is 23.5 Å². The van der Waals surface area contributed by atoms with Crippen LogP contribution in [0.4, 0.5) is 14.5 Å². The number of rotatable bonds is 6. The summed E-state index contributed by atoms with van der Waals surface area (Å²) in [6, 6.07) is 1.18. The number of hydrogen-bond acceptors (Lipinski definition) is 2. The molecule has 4 nitrogen and oxygen atoms in total. The Labute approximate surface area is 113 Å². The molecule has 1 aromatic rings. The Hall–Kier alpha value is -1.69. The monoisotopic (exact) mass is 291 g/mol. The minimum Gasteiger partial charge on any atom is -0.478 e. The molecule has 0 fully saturated rings. The summed E-state index contributed by atoms with van der Waals surface area (Å²) >= 11 is 5.44. The molecular formula is C12H12ClF2NO3. The number of alkyl halides is 1. The normalized spacial score (nSPS) is 10.3. The van der Waals surface area contributed by atoms with E-state index in [1.807, 2.05) is 0 Å². The molecule has 1 aromatic carbocycles.